The first-order valence-corrected chi connectivity index (χ1v) is 8.86. The van der Waals surface area contributed by atoms with Crippen molar-refractivity contribution < 1.29 is 14.5 Å². The van der Waals surface area contributed by atoms with Crippen LogP contribution in [0.2, 0.25) is 10.0 Å². The van der Waals surface area contributed by atoms with Gasteiger partial charge in [-0.2, -0.15) is 0 Å². The highest BCUT2D eigenvalue weighted by molar-refractivity contribution is 6.35. The highest BCUT2D eigenvalue weighted by Gasteiger charge is 2.19. The summed E-state index contributed by atoms with van der Waals surface area (Å²) in [4.78, 5) is 23.3. The van der Waals surface area contributed by atoms with Gasteiger partial charge in [-0.05, 0) is 36.8 Å². The third kappa shape index (κ3) is 5.56. The molecule has 0 radical (unpaired) electrons. The van der Waals surface area contributed by atoms with Gasteiger partial charge in [-0.25, -0.2) is 0 Å². The largest absolute Gasteiger partial charge is 0.383 e. The lowest BCUT2D eigenvalue weighted by Crippen LogP contribution is -2.27. The molecule has 0 bridgehead atoms. The molecule has 0 saturated heterocycles. The molecule has 0 fully saturated rings. The number of nitrogens with zero attached hydrogens (tertiary/aromatic N) is 1. The van der Waals surface area contributed by atoms with Gasteiger partial charge in [0.05, 0.1) is 17.6 Å². The Morgan fingerprint density at radius 1 is 1.26 bits per heavy atom. The number of nitro groups is 1. The first-order valence-electron chi connectivity index (χ1n) is 8.10. The number of nitrogens with one attached hydrogen (secondary N) is 2. The van der Waals surface area contributed by atoms with Gasteiger partial charge < -0.3 is 15.4 Å². The van der Waals surface area contributed by atoms with E-state index in [0.29, 0.717) is 34.4 Å². The zero-order chi connectivity index (χ0) is 20.0. The van der Waals surface area contributed by atoms with E-state index in [4.69, 9.17) is 27.9 Å². The number of anilines is 1. The molecule has 2 N–H and O–H groups in total. The Morgan fingerprint density at radius 2 is 2.00 bits per heavy atom. The molecule has 0 spiro atoms. The van der Waals surface area contributed by atoms with E-state index in [9.17, 15) is 14.9 Å². The number of carbonyl (C=O) groups is 1. The van der Waals surface area contributed by atoms with Crippen molar-refractivity contribution >= 4 is 40.5 Å². The Kier molecular flexibility index (Phi) is 7.41. The van der Waals surface area contributed by atoms with Crippen LogP contribution in [0.15, 0.2) is 36.4 Å². The molecule has 0 aliphatic heterocycles. The van der Waals surface area contributed by atoms with Gasteiger partial charge in [0.1, 0.15) is 5.69 Å². The van der Waals surface area contributed by atoms with Crippen LogP contribution in [0.5, 0.6) is 0 Å². The number of nitro benzene ring substituents is 1. The Hall–Kier alpha value is -2.35. The number of ether oxygens (including phenoxy) is 1. The predicted octanol–water partition coefficient (Wildman–Crippen LogP) is 4.45. The average molecular weight is 412 g/mol. The monoisotopic (exact) mass is 411 g/mol. The molecule has 0 saturated carbocycles. The van der Waals surface area contributed by atoms with E-state index in [1.54, 1.807) is 25.1 Å². The first kappa shape index (κ1) is 21.0. The van der Waals surface area contributed by atoms with Gasteiger partial charge in [0.25, 0.3) is 11.6 Å². The van der Waals surface area contributed by atoms with Crippen molar-refractivity contribution in [3.8, 4) is 0 Å². The van der Waals surface area contributed by atoms with Crippen LogP contribution in [0.1, 0.15) is 28.9 Å². The second-order valence-corrected chi connectivity index (χ2v) is 6.61. The summed E-state index contributed by atoms with van der Waals surface area (Å²) >= 11 is 12.0. The van der Waals surface area contributed by atoms with Crippen LogP contribution in [-0.2, 0) is 4.74 Å². The van der Waals surface area contributed by atoms with Crippen LogP contribution in [0.3, 0.4) is 0 Å². The van der Waals surface area contributed by atoms with Crippen LogP contribution in [-0.4, -0.2) is 31.1 Å². The lowest BCUT2D eigenvalue weighted by atomic mass is 10.1. The lowest BCUT2D eigenvalue weighted by Gasteiger charge is -2.16. The smallest absolute Gasteiger partial charge is 0.293 e. The third-order valence-electron chi connectivity index (χ3n) is 3.85. The van der Waals surface area contributed by atoms with Crippen LogP contribution in [0, 0.1) is 10.1 Å². The summed E-state index contributed by atoms with van der Waals surface area (Å²) in [6.07, 6.45) is 0. The summed E-state index contributed by atoms with van der Waals surface area (Å²) in [7, 11) is 1.54. The maximum absolute atomic E-state index is 12.5. The quantitative estimate of drug-likeness (QED) is 0.380. The minimum absolute atomic E-state index is 0.177. The Morgan fingerprint density at radius 3 is 2.63 bits per heavy atom. The maximum Gasteiger partial charge on any atom is 0.293 e. The second-order valence-electron chi connectivity index (χ2n) is 5.77. The summed E-state index contributed by atoms with van der Waals surface area (Å²) < 4.78 is 4.91. The highest BCUT2D eigenvalue weighted by atomic mass is 35.5. The fourth-order valence-corrected chi connectivity index (χ4v) is 3.04. The van der Waals surface area contributed by atoms with Crippen molar-refractivity contribution in [1.82, 2.24) is 5.32 Å². The van der Waals surface area contributed by atoms with Crippen molar-refractivity contribution in [2.75, 3.05) is 25.6 Å². The molecule has 0 aromatic heterocycles. The Labute approximate surface area is 166 Å². The molecule has 27 heavy (non-hydrogen) atoms. The Bertz CT molecular complexity index is 845. The van der Waals surface area contributed by atoms with Gasteiger partial charge >= 0.3 is 0 Å². The zero-order valence-electron chi connectivity index (χ0n) is 14.8. The number of hydrogen-bond donors (Lipinski definition) is 2. The molecular weight excluding hydrogens is 393 g/mol. The van der Waals surface area contributed by atoms with E-state index in [1.807, 2.05) is 0 Å². The van der Waals surface area contributed by atoms with E-state index in [-0.39, 0.29) is 11.3 Å². The fraction of sp³-hybridized carbons (Fsp3) is 0.278. The normalized spacial score (nSPS) is 11.7. The molecule has 7 nitrogen and oxygen atoms in total. The van der Waals surface area contributed by atoms with Crippen molar-refractivity contribution in [3.05, 3.63) is 67.7 Å². The van der Waals surface area contributed by atoms with E-state index in [0.717, 1.165) is 0 Å². The number of halogens is 2. The van der Waals surface area contributed by atoms with Gasteiger partial charge in [-0.15, -0.1) is 0 Å². The molecule has 2 aromatic rings. The number of rotatable bonds is 8. The number of carbonyl (C=O) groups excluding carboxylic acids is 1. The number of benzene rings is 2. The van der Waals surface area contributed by atoms with Gasteiger partial charge in [0, 0.05) is 35.3 Å². The van der Waals surface area contributed by atoms with E-state index < -0.39 is 16.9 Å². The van der Waals surface area contributed by atoms with Crippen molar-refractivity contribution in [2.45, 2.75) is 13.0 Å². The fourth-order valence-electron chi connectivity index (χ4n) is 2.47. The molecule has 144 valence electrons. The second kappa shape index (κ2) is 9.55. The molecule has 1 atom stereocenters. The molecule has 0 aliphatic carbocycles. The molecule has 2 aromatic carbocycles. The molecule has 0 aliphatic rings. The average Bonchev–Trinajstić information content (AvgIpc) is 2.61. The molecule has 9 heteroatoms. The molecule has 0 heterocycles. The minimum Gasteiger partial charge on any atom is -0.383 e. The number of hydrogen-bond acceptors (Lipinski definition) is 5. The maximum atomic E-state index is 12.5. The van der Waals surface area contributed by atoms with Gasteiger partial charge in [-0.1, -0.05) is 29.3 Å². The van der Waals surface area contributed by atoms with Gasteiger partial charge in [-0.3, -0.25) is 14.9 Å². The summed E-state index contributed by atoms with van der Waals surface area (Å²) in [5.41, 5.74) is 1.01. The van der Waals surface area contributed by atoms with E-state index >= 15 is 0 Å². The first-order chi connectivity index (χ1) is 12.8. The van der Waals surface area contributed by atoms with Crippen molar-refractivity contribution in [1.29, 1.82) is 0 Å². The van der Waals surface area contributed by atoms with Crippen molar-refractivity contribution in [2.24, 2.45) is 0 Å². The highest BCUT2D eigenvalue weighted by Crippen LogP contribution is 2.28. The molecule has 1 unspecified atom stereocenters. The van der Waals surface area contributed by atoms with Crippen molar-refractivity contribution in [3.63, 3.8) is 0 Å². The van der Waals surface area contributed by atoms with E-state index in [1.165, 1.54) is 25.3 Å². The summed E-state index contributed by atoms with van der Waals surface area (Å²) in [6.45, 7) is 2.58. The zero-order valence-corrected chi connectivity index (χ0v) is 16.3. The van der Waals surface area contributed by atoms with Gasteiger partial charge in [0.2, 0.25) is 0 Å². The summed E-state index contributed by atoms with van der Waals surface area (Å²) in [5.74, 6) is -0.444. The standard InChI is InChI=1S/C18H19Cl2N3O4/c1-11(14-5-4-13(19)10-15(14)20)22-18(24)12-3-6-16(21-7-8-27-2)17(9-12)23(25)26/h3-6,9-11,21H,7-8H2,1-2H3,(H,22,24). The molecular formula is C18H19Cl2N3O4. The summed E-state index contributed by atoms with van der Waals surface area (Å²) in [6, 6.07) is 8.85. The van der Waals surface area contributed by atoms with Crippen LogP contribution in [0.25, 0.3) is 0 Å². The minimum atomic E-state index is -0.536. The lowest BCUT2D eigenvalue weighted by molar-refractivity contribution is -0.384. The topological polar surface area (TPSA) is 93.5 Å². The number of amides is 1. The van der Waals surface area contributed by atoms with Crippen LogP contribution >= 0.6 is 23.2 Å². The third-order valence-corrected chi connectivity index (χ3v) is 4.42. The van der Waals surface area contributed by atoms with Gasteiger partial charge in [0.15, 0.2) is 0 Å². The molecule has 2 rings (SSSR count). The summed E-state index contributed by atoms with van der Waals surface area (Å²) in [5, 5.41) is 17.9. The van der Waals surface area contributed by atoms with E-state index in [2.05, 4.69) is 10.6 Å². The Balaban J connectivity index is 2.17. The SMILES string of the molecule is COCCNc1ccc(C(=O)NC(C)c2ccc(Cl)cc2Cl)cc1[N+](=O)[O-]. The molecule has 1 amide bonds. The number of methoxy groups -OCH3 is 1. The van der Waals surface area contributed by atoms with Crippen LogP contribution in [0.4, 0.5) is 11.4 Å². The predicted molar refractivity (Wildman–Crippen MR) is 106 cm³/mol. The van der Waals surface area contributed by atoms with Crippen LogP contribution < -0.4 is 10.6 Å².